The van der Waals surface area contributed by atoms with Crippen LogP contribution in [-0.2, 0) is 4.74 Å². The molecule has 0 aliphatic heterocycles. The van der Waals surface area contributed by atoms with Gasteiger partial charge < -0.3 is 14.6 Å². The topological polar surface area (TPSA) is 66.4 Å². The maximum absolute atomic E-state index is 12.0. The van der Waals surface area contributed by atoms with E-state index in [9.17, 15) is 14.7 Å². The van der Waals surface area contributed by atoms with Crippen LogP contribution in [0.5, 0.6) is 0 Å². The van der Waals surface area contributed by atoms with Crippen molar-refractivity contribution in [2.75, 3.05) is 6.61 Å². The van der Waals surface area contributed by atoms with Crippen molar-refractivity contribution < 1.29 is 38.3 Å². The van der Waals surface area contributed by atoms with Crippen LogP contribution in [0.3, 0.4) is 0 Å². The fraction of sp³-hybridized carbons (Fsp3) is 0.667. The molecule has 0 saturated heterocycles. The smallest absolute Gasteiger partial charge is 0.545 e. The number of rotatable bonds is 17. The van der Waals surface area contributed by atoms with Crippen LogP contribution in [-0.4, -0.2) is 18.5 Å². The van der Waals surface area contributed by atoms with E-state index in [1.54, 1.807) is 12.1 Å². The number of esters is 1. The van der Waals surface area contributed by atoms with Crippen molar-refractivity contribution in [3.05, 3.63) is 35.4 Å². The molecule has 1 rings (SSSR count). The van der Waals surface area contributed by atoms with Crippen LogP contribution in [0.4, 0.5) is 0 Å². The Morgan fingerprint density at radius 1 is 0.724 bits per heavy atom. The monoisotopic (exact) mass is 396 g/mol. The summed E-state index contributed by atoms with van der Waals surface area (Å²) in [4.78, 5) is 23.0. The predicted molar refractivity (Wildman–Crippen MR) is 111 cm³/mol. The fourth-order valence-corrected chi connectivity index (χ4v) is 3.38. The number of hydrogen-bond donors (Lipinski definition) is 0. The number of carboxylic acid groups (broad SMARTS) is 1. The molecule has 0 fully saturated rings. The van der Waals surface area contributed by atoms with Crippen molar-refractivity contribution in [2.45, 2.75) is 96.8 Å². The first-order chi connectivity index (χ1) is 13.7. The minimum atomic E-state index is -1.36. The number of benzene rings is 1. The molecule has 5 heteroatoms. The van der Waals surface area contributed by atoms with E-state index >= 15 is 0 Å². The summed E-state index contributed by atoms with van der Waals surface area (Å²) in [6, 6.07) is 6.00. The Kier molecular flexibility index (Phi) is 18.0. The van der Waals surface area contributed by atoms with Crippen LogP contribution in [0.1, 0.15) is 118 Å². The summed E-state index contributed by atoms with van der Waals surface area (Å²) in [7, 11) is 0. The number of carbonyl (C=O) groups is 2. The maximum atomic E-state index is 12.0. The molecule has 0 radical (unpaired) electrons. The van der Waals surface area contributed by atoms with E-state index in [1.165, 1.54) is 82.8 Å². The Labute approximate surface area is 189 Å². The third kappa shape index (κ3) is 13.6. The van der Waals surface area contributed by atoms with Gasteiger partial charge in [-0.2, -0.15) is 0 Å². The van der Waals surface area contributed by atoms with Crippen LogP contribution in [0, 0.1) is 0 Å². The summed E-state index contributed by atoms with van der Waals surface area (Å²) in [6.07, 6.45) is 17.9. The molecule has 4 nitrogen and oxygen atoms in total. The molecule has 1 aromatic rings. The van der Waals surface area contributed by atoms with E-state index in [1.807, 2.05) is 0 Å². The standard InChI is InChI=1S/C24H38O4.Li/c1-2-3-4-5-6-7-8-9-10-11-12-13-14-17-20-28-24(27)22-19-16-15-18-21(22)23(25)26;/h15-16,18-19H,2-14,17,20H2,1H3,(H,25,26);/q;+1/p-1. The van der Waals surface area contributed by atoms with Gasteiger partial charge in [-0.3, -0.25) is 0 Å². The van der Waals surface area contributed by atoms with Gasteiger partial charge in [-0.15, -0.1) is 0 Å². The molecule has 0 aromatic heterocycles. The molecule has 0 heterocycles. The van der Waals surface area contributed by atoms with Gasteiger partial charge in [0.2, 0.25) is 0 Å². The van der Waals surface area contributed by atoms with Crippen molar-refractivity contribution in [1.29, 1.82) is 0 Å². The van der Waals surface area contributed by atoms with Crippen LogP contribution < -0.4 is 24.0 Å². The van der Waals surface area contributed by atoms with Crippen LogP contribution in [0.15, 0.2) is 24.3 Å². The average Bonchev–Trinajstić information content (AvgIpc) is 2.70. The molecular formula is C24H37LiO4. The molecule has 0 aliphatic rings. The number of hydrogen-bond acceptors (Lipinski definition) is 4. The summed E-state index contributed by atoms with van der Waals surface area (Å²) >= 11 is 0. The number of carboxylic acids is 1. The molecule has 158 valence electrons. The molecule has 0 aliphatic carbocycles. The SMILES string of the molecule is CCCCCCCCCCCCCCCCOC(=O)c1ccccc1C(=O)[O-].[Li+]. The first kappa shape index (κ1) is 27.8. The van der Waals surface area contributed by atoms with E-state index in [0.717, 1.165) is 19.3 Å². The van der Waals surface area contributed by atoms with Crippen molar-refractivity contribution >= 4 is 11.9 Å². The Morgan fingerprint density at radius 2 is 1.14 bits per heavy atom. The minimum Gasteiger partial charge on any atom is -0.545 e. The summed E-state index contributed by atoms with van der Waals surface area (Å²) in [5, 5.41) is 11.0. The number of carbonyl (C=O) groups excluding carboxylic acids is 2. The first-order valence-corrected chi connectivity index (χ1v) is 11.1. The van der Waals surface area contributed by atoms with Gasteiger partial charge in [-0.05, 0) is 12.5 Å². The molecule has 0 saturated carbocycles. The summed E-state index contributed by atoms with van der Waals surface area (Å²) in [6.45, 7) is 2.59. The Morgan fingerprint density at radius 3 is 1.59 bits per heavy atom. The molecule has 0 unspecified atom stereocenters. The van der Waals surface area contributed by atoms with Gasteiger partial charge in [0.05, 0.1) is 18.1 Å². The molecule has 1 aromatic carbocycles. The van der Waals surface area contributed by atoms with Gasteiger partial charge in [0.15, 0.2) is 0 Å². The zero-order chi connectivity index (χ0) is 20.5. The molecular weight excluding hydrogens is 359 g/mol. The average molecular weight is 396 g/mol. The summed E-state index contributed by atoms with van der Waals surface area (Å²) in [5.41, 5.74) is -0.0543. The summed E-state index contributed by atoms with van der Waals surface area (Å²) in [5.74, 6) is -1.95. The van der Waals surface area contributed by atoms with Gasteiger partial charge in [-0.1, -0.05) is 109 Å². The third-order valence-corrected chi connectivity index (χ3v) is 5.10. The molecule has 0 atom stereocenters. The Balaban J connectivity index is 0.00000784. The van der Waals surface area contributed by atoms with Gasteiger partial charge in [0, 0.05) is 5.56 Å². The largest absolute Gasteiger partial charge is 1.00 e. The molecule has 0 bridgehead atoms. The van der Waals surface area contributed by atoms with Crippen molar-refractivity contribution in [1.82, 2.24) is 0 Å². The van der Waals surface area contributed by atoms with Crippen LogP contribution >= 0.6 is 0 Å². The zero-order valence-electron chi connectivity index (χ0n) is 18.5. The van der Waals surface area contributed by atoms with Gasteiger partial charge in [0.25, 0.3) is 0 Å². The van der Waals surface area contributed by atoms with E-state index < -0.39 is 11.9 Å². The third-order valence-electron chi connectivity index (χ3n) is 5.10. The Bertz CT molecular complexity index is 560. The fourth-order valence-electron chi connectivity index (χ4n) is 3.38. The second kappa shape index (κ2) is 18.8. The van der Waals surface area contributed by atoms with Gasteiger partial charge >= 0.3 is 24.8 Å². The predicted octanol–water partition coefficient (Wildman–Crippen LogP) is 2.69. The van der Waals surface area contributed by atoms with Crippen LogP contribution in [0.2, 0.25) is 0 Å². The van der Waals surface area contributed by atoms with E-state index in [4.69, 9.17) is 4.74 Å². The molecule has 29 heavy (non-hydrogen) atoms. The molecule has 0 spiro atoms. The quantitative estimate of drug-likeness (QED) is 0.231. The molecule has 0 amide bonds. The number of unbranched alkanes of at least 4 members (excludes halogenated alkanes) is 13. The van der Waals surface area contributed by atoms with E-state index in [0.29, 0.717) is 6.61 Å². The van der Waals surface area contributed by atoms with E-state index in [-0.39, 0.29) is 30.0 Å². The first-order valence-electron chi connectivity index (χ1n) is 11.1. The summed E-state index contributed by atoms with van der Waals surface area (Å²) < 4.78 is 5.20. The van der Waals surface area contributed by atoms with Crippen LogP contribution in [0.25, 0.3) is 0 Å². The number of ether oxygens (including phenoxy) is 1. The van der Waals surface area contributed by atoms with Gasteiger partial charge in [0.1, 0.15) is 0 Å². The Hall–Kier alpha value is -1.24. The molecule has 0 N–H and O–H groups in total. The second-order valence-corrected chi connectivity index (χ2v) is 7.57. The number of aromatic carboxylic acids is 1. The van der Waals surface area contributed by atoms with Gasteiger partial charge in [-0.25, -0.2) is 4.79 Å². The van der Waals surface area contributed by atoms with Crippen molar-refractivity contribution in [2.24, 2.45) is 0 Å². The second-order valence-electron chi connectivity index (χ2n) is 7.57. The van der Waals surface area contributed by atoms with Crippen molar-refractivity contribution in [3.63, 3.8) is 0 Å². The van der Waals surface area contributed by atoms with Crippen molar-refractivity contribution in [3.8, 4) is 0 Å². The zero-order valence-corrected chi connectivity index (χ0v) is 18.5. The minimum absolute atomic E-state index is 0. The van der Waals surface area contributed by atoms with E-state index in [2.05, 4.69) is 6.92 Å². The normalized spacial score (nSPS) is 10.4. The maximum Gasteiger partial charge on any atom is 1.00 e.